The van der Waals surface area contributed by atoms with Crippen molar-refractivity contribution in [3.8, 4) is 0 Å². The molecule has 0 aliphatic carbocycles. The van der Waals surface area contributed by atoms with Crippen LogP contribution in [-0.2, 0) is 4.74 Å². The number of nitrogens with zero attached hydrogens (tertiary/aromatic N) is 2. The molecule has 1 heterocycles. The number of ketones is 1. The number of amides is 1. The van der Waals surface area contributed by atoms with Gasteiger partial charge in [-0.05, 0) is 25.5 Å². The number of benzene rings is 1. The van der Waals surface area contributed by atoms with Gasteiger partial charge in [0.1, 0.15) is 17.8 Å². The van der Waals surface area contributed by atoms with Crippen LogP contribution in [0.2, 0.25) is 0 Å². The van der Waals surface area contributed by atoms with Gasteiger partial charge in [0.2, 0.25) is 0 Å². The summed E-state index contributed by atoms with van der Waals surface area (Å²) in [4.78, 5) is 31.7. The maximum absolute atomic E-state index is 12.3. The molecule has 2 aromatic rings. The van der Waals surface area contributed by atoms with Crippen LogP contribution in [0.25, 0.3) is 0 Å². The molecule has 0 aliphatic rings. The number of aromatic nitrogens is 2. The number of hydrogen-bond donors (Lipinski definition) is 2. The molecule has 1 aromatic heterocycles. The number of carbonyl (C=O) groups excluding carboxylic acids is 2. The molecule has 1 aromatic carbocycles. The van der Waals surface area contributed by atoms with E-state index >= 15 is 0 Å². The van der Waals surface area contributed by atoms with Crippen LogP contribution in [0.3, 0.4) is 0 Å². The van der Waals surface area contributed by atoms with Gasteiger partial charge < -0.3 is 15.4 Å². The van der Waals surface area contributed by atoms with Gasteiger partial charge in [-0.2, -0.15) is 0 Å². The lowest BCUT2D eigenvalue weighted by Crippen LogP contribution is -2.15. The Kier molecular flexibility index (Phi) is 6.39. The zero-order valence-electron chi connectivity index (χ0n) is 13.7. The molecule has 0 fully saturated rings. The van der Waals surface area contributed by atoms with Crippen molar-refractivity contribution < 1.29 is 14.3 Å². The Bertz CT molecular complexity index is 718. The molecule has 0 unspecified atom stereocenters. The average molecular weight is 328 g/mol. The topological polar surface area (TPSA) is 93.2 Å². The fourth-order valence-electron chi connectivity index (χ4n) is 2.02. The summed E-state index contributed by atoms with van der Waals surface area (Å²) in [7, 11) is 1.65. The maximum atomic E-state index is 12.3. The van der Waals surface area contributed by atoms with Crippen molar-refractivity contribution in [1.29, 1.82) is 0 Å². The van der Waals surface area contributed by atoms with Gasteiger partial charge >= 0.3 is 0 Å². The van der Waals surface area contributed by atoms with E-state index in [4.69, 9.17) is 4.74 Å². The molecule has 0 aliphatic heterocycles. The quantitative estimate of drug-likeness (QED) is 0.571. The van der Waals surface area contributed by atoms with E-state index in [-0.39, 0.29) is 17.4 Å². The van der Waals surface area contributed by atoms with E-state index in [9.17, 15) is 9.59 Å². The number of nitrogens with one attached hydrogen (secondary N) is 2. The summed E-state index contributed by atoms with van der Waals surface area (Å²) in [6, 6.07) is 8.34. The second-order valence-electron chi connectivity index (χ2n) is 5.15. The van der Waals surface area contributed by atoms with Crippen molar-refractivity contribution in [2.75, 3.05) is 30.9 Å². The van der Waals surface area contributed by atoms with E-state index in [1.54, 1.807) is 37.4 Å². The third-order valence-corrected chi connectivity index (χ3v) is 3.26. The Hall–Kier alpha value is -2.80. The van der Waals surface area contributed by atoms with E-state index in [0.717, 1.165) is 6.42 Å². The average Bonchev–Trinajstić information content (AvgIpc) is 2.59. The third-order valence-electron chi connectivity index (χ3n) is 3.26. The zero-order chi connectivity index (χ0) is 17.4. The molecule has 0 saturated heterocycles. The van der Waals surface area contributed by atoms with Gasteiger partial charge in [-0.15, -0.1) is 0 Å². The summed E-state index contributed by atoms with van der Waals surface area (Å²) >= 11 is 0. The molecular weight excluding hydrogens is 308 g/mol. The fraction of sp³-hybridized carbons (Fsp3) is 0.294. The lowest BCUT2D eigenvalue weighted by atomic mass is 10.1. The van der Waals surface area contributed by atoms with Gasteiger partial charge in [0, 0.05) is 37.6 Å². The van der Waals surface area contributed by atoms with Crippen LogP contribution < -0.4 is 10.6 Å². The first-order valence-corrected chi connectivity index (χ1v) is 7.57. The maximum Gasteiger partial charge on any atom is 0.274 e. The van der Waals surface area contributed by atoms with E-state index in [1.165, 1.54) is 13.3 Å². The zero-order valence-corrected chi connectivity index (χ0v) is 13.7. The van der Waals surface area contributed by atoms with Crippen molar-refractivity contribution >= 4 is 23.2 Å². The molecule has 7 heteroatoms. The molecule has 0 spiro atoms. The number of carbonyl (C=O) groups is 2. The summed E-state index contributed by atoms with van der Waals surface area (Å²) in [5, 5.41) is 5.83. The van der Waals surface area contributed by atoms with E-state index in [2.05, 4.69) is 20.6 Å². The molecule has 0 radical (unpaired) electrons. The number of ether oxygens (including phenoxy) is 1. The first kappa shape index (κ1) is 17.6. The highest BCUT2D eigenvalue weighted by Crippen LogP contribution is 2.13. The minimum Gasteiger partial charge on any atom is -0.385 e. The molecule has 7 nitrogen and oxygen atoms in total. The Morgan fingerprint density at radius 3 is 2.79 bits per heavy atom. The van der Waals surface area contributed by atoms with Gasteiger partial charge in [-0.1, -0.05) is 12.1 Å². The first-order chi connectivity index (χ1) is 11.6. The van der Waals surface area contributed by atoms with Crippen LogP contribution in [0.1, 0.15) is 34.2 Å². The molecule has 126 valence electrons. The van der Waals surface area contributed by atoms with Crippen LogP contribution in [0, 0.1) is 0 Å². The molecule has 2 rings (SSSR count). The molecule has 0 bridgehead atoms. The number of Topliss-reactive ketones (excluding diaryl/α,β-unsaturated/α-hetero) is 1. The predicted octanol–water partition coefficient (Wildman–Crippen LogP) is 2.38. The molecule has 0 saturated carbocycles. The number of methoxy groups -OCH3 is 1. The predicted molar refractivity (Wildman–Crippen MR) is 91.4 cm³/mol. The largest absolute Gasteiger partial charge is 0.385 e. The van der Waals surface area contributed by atoms with Crippen LogP contribution >= 0.6 is 0 Å². The van der Waals surface area contributed by atoms with Crippen molar-refractivity contribution in [3.05, 3.63) is 47.9 Å². The van der Waals surface area contributed by atoms with Gasteiger partial charge in [-0.25, -0.2) is 9.97 Å². The highest BCUT2D eigenvalue weighted by atomic mass is 16.5. The standard InChI is InChI=1S/C17H20N4O3/c1-12(22)13-5-3-6-14(9-13)21-17(23)15-10-16(20-11-19-15)18-7-4-8-24-2/h3,5-6,9-11H,4,7-8H2,1-2H3,(H,21,23)(H,18,19,20). The Morgan fingerprint density at radius 1 is 1.21 bits per heavy atom. The SMILES string of the molecule is COCCCNc1cc(C(=O)Nc2cccc(C(C)=O)c2)ncn1. The third kappa shape index (κ3) is 5.13. The Labute approximate surface area is 140 Å². The van der Waals surface area contributed by atoms with E-state index in [0.29, 0.717) is 30.2 Å². The molecular formula is C17H20N4O3. The summed E-state index contributed by atoms with van der Waals surface area (Å²) in [5.41, 5.74) is 1.32. The Balaban J connectivity index is 2.01. The monoisotopic (exact) mass is 328 g/mol. The van der Waals surface area contributed by atoms with Gasteiger partial charge in [0.25, 0.3) is 5.91 Å². The van der Waals surface area contributed by atoms with Crippen molar-refractivity contribution in [3.63, 3.8) is 0 Å². The van der Waals surface area contributed by atoms with Crippen molar-refractivity contribution in [1.82, 2.24) is 9.97 Å². The lowest BCUT2D eigenvalue weighted by molar-refractivity contribution is 0.100. The first-order valence-electron chi connectivity index (χ1n) is 7.57. The molecule has 24 heavy (non-hydrogen) atoms. The van der Waals surface area contributed by atoms with Gasteiger partial charge in [-0.3, -0.25) is 9.59 Å². The van der Waals surface area contributed by atoms with Crippen LogP contribution in [-0.4, -0.2) is 41.9 Å². The second-order valence-corrected chi connectivity index (χ2v) is 5.15. The second kappa shape index (κ2) is 8.73. The van der Waals surface area contributed by atoms with Crippen molar-refractivity contribution in [2.24, 2.45) is 0 Å². The van der Waals surface area contributed by atoms with Crippen LogP contribution in [0.4, 0.5) is 11.5 Å². The normalized spacial score (nSPS) is 10.2. The van der Waals surface area contributed by atoms with E-state index in [1.807, 2.05) is 0 Å². The molecule has 0 atom stereocenters. The minimum atomic E-state index is -0.363. The van der Waals surface area contributed by atoms with Crippen molar-refractivity contribution in [2.45, 2.75) is 13.3 Å². The molecule has 1 amide bonds. The summed E-state index contributed by atoms with van der Waals surface area (Å²) in [6.07, 6.45) is 2.17. The minimum absolute atomic E-state index is 0.0596. The number of hydrogen-bond acceptors (Lipinski definition) is 6. The highest BCUT2D eigenvalue weighted by Gasteiger charge is 2.10. The smallest absolute Gasteiger partial charge is 0.274 e. The van der Waals surface area contributed by atoms with E-state index < -0.39 is 0 Å². The lowest BCUT2D eigenvalue weighted by Gasteiger charge is -2.08. The number of anilines is 2. The highest BCUT2D eigenvalue weighted by molar-refractivity contribution is 6.04. The van der Waals surface area contributed by atoms with Gasteiger partial charge in [0.15, 0.2) is 5.78 Å². The summed E-state index contributed by atoms with van der Waals surface area (Å²) in [5.74, 6) is 0.150. The van der Waals surface area contributed by atoms with Crippen LogP contribution in [0.5, 0.6) is 0 Å². The number of rotatable bonds is 8. The summed E-state index contributed by atoms with van der Waals surface area (Å²) < 4.78 is 4.97. The van der Waals surface area contributed by atoms with Gasteiger partial charge in [0.05, 0.1) is 0 Å². The fourth-order valence-corrected chi connectivity index (χ4v) is 2.02. The van der Waals surface area contributed by atoms with Crippen LogP contribution in [0.15, 0.2) is 36.7 Å². The Morgan fingerprint density at radius 2 is 2.04 bits per heavy atom. The summed E-state index contributed by atoms with van der Waals surface area (Å²) in [6.45, 7) is 2.82. The molecule has 2 N–H and O–H groups in total.